The zero-order chi connectivity index (χ0) is 22.7. The van der Waals surface area contributed by atoms with Crippen LogP contribution in [0.4, 0.5) is 17.2 Å². The maximum absolute atomic E-state index is 12.9. The number of anilines is 2. The number of hydrogen-bond acceptors (Lipinski definition) is 6. The van der Waals surface area contributed by atoms with Crippen LogP contribution < -0.4 is 10.6 Å². The van der Waals surface area contributed by atoms with Crippen LogP contribution in [0.25, 0.3) is 5.69 Å². The number of nitrogens with zero attached hydrogens (tertiary/aromatic N) is 3. The Balaban J connectivity index is 1.53. The van der Waals surface area contributed by atoms with Crippen LogP contribution in [0.2, 0.25) is 0 Å². The lowest BCUT2D eigenvalue weighted by Gasteiger charge is -2.10. The smallest absolute Gasteiger partial charge is 0.269 e. The Morgan fingerprint density at radius 3 is 2.47 bits per heavy atom. The van der Waals surface area contributed by atoms with Crippen LogP contribution in [0.15, 0.2) is 72.1 Å². The van der Waals surface area contributed by atoms with Crippen LogP contribution in [0, 0.1) is 17.0 Å². The average Bonchev–Trinajstić information content (AvgIpc) is 3.44. The molecule has 0 aliphatic rings. The number of nitro groups is 1. The molecule has 10 heteroatoms. The average molecular weight is 447 g/mol. The van der Waals surface area contributed by atoms with Gasteiger partial charge in [-0.25, -0.2) is 4.68 Å². The lowest BCUT2D eigenvalue weighted by molar-refractivity contribution is -0.384. The van der Waals surface area contributed by atoms with Crippen LogP contribution in [0.3, 0.4) is 0 Å². The van der Waals surface area contributed by atoms with E-state index in [9.17, 15) is 19.7 Å². The summed E-state index contributed by atoms with van der Waals surface area (Å²) in [5.41, 5.74) is 2.04. The number of thiophene rings is 1. The zero-order valence-corrected chi connectivity index (χ0v) is 17.6. The third-order valence-corrected chi connectivity index (χ3v) is 5.37. The molecule has 0 bridgehead atoms. The van der Waals surface area contributed by atoms with Crippen molar-refractivity contribution in [3.8, 4) is 5.69 Å². The minimum absolute atomic E-state index is 0.0374. The number of carbonyl (C=O) groups is 2. The van der Waals surface area contributed by atoms with Crippen LogP contribution in [-0.2, 0) is 0 Å². The first kappa shape index (κ1) is 20.9. The Kier molecular flexibility index (Phi) is 5.77. The molecule has 2 amide bonds. The number of aryl methyl sites for hydroxylation is 1. The Morgan fingerprint density at radius 1 is 1.00 bits per heavy atom. The van der Waals surface area contributed by atoms with E-state index in [1.54, 1.807) is 61.5 Å². The second-order valence-corrected chi connectivity index (χ2v) is 7.77. The molecule has 0 radical (unpaired) electrons. The van der Waals surface area contributed by atoms with Gasteiger partial charge in [-0.15, -0.1) is 11.3 Å². The first-order chi connectivity index (χ1) is 15.4. The number of nitrogens with one attached hydrogen (secondary N) is 2. The van der Waals surface area contributed by atoms with Crippen molar-refractivity contribution in [2.24, 2.45) is 0 Å². The molecule has 4 rings (SSSR count). The first-order valence-corrected chi connectivity index (χ1v) is 10.4. The van der Waals surface area contributed by atoms with E-state index in [0.717, 1.165) is 0 Å². The Bertz CT molecular complexity index is 1300. The van der Waals surface area contributed by atoms with Crippen LogP contribution >= 0.6 is 11.3 Å². The molecule has 0 unspecified atom stereocenters. The predicted molar refractivity (Wildman–Crippen MR) is 122 cm³/mol. The highest BCUT2D eigenvalue weighted by Crippen LogP contribution is 2.21. The molecule has 0 saturated heterocycles. The summed E-state index contributed by atoms with van der Waals surface area (Å²) in [7, 11) is 0. The van der Waals surface area contributed by atoms with E-state index in [1.165, 1.54) is 28.2 Å². The highest BCUT2D eigenvalue weighted by atomic mass is 32.1. The number of benzene rings is 2. The molecule has 0 saturated carbocycles. The van der Waals surface area contributed by atoms with Crippen molar-refractivity contribution in [1.29, 1.82) is 0 Å². The Hall–Kier alpha value is -4.31. The van der Waals surface area contributed by atoms with E-state index in [2.05, 4.69) is 15.7 Å². The fraction of sp³-hybridized carbons (Fsp3) is 0.0455. The predicted octanol–water partition coefficient (Wildman–Crippen LogP) is 4.66. The number of non-ortho nitro benzene ring substituents is 1. The van der Waals surface area contributed by atoms with E-state index in [1.807, 2.05) is 5.38 Å². The molecule has 4 aromatic rings. The summed E-state index contributed by atoms with van der Waals surface area (Å²) in [6.07, 6.45) is 0. The first-order valence-electron chi connectivity index (χ1n) is 9.48. The number of hydrogen-bond donors (Lipinski definition) is 2. The van der Waals surface area contributed by atoms with Gasteiger partial charge in [0, 0.05) is 29.4 Å². The minimum atomic E-state index is -0.481. The van der Waals surface area contributed by atoms with Gasteiger partial charge in [0.15, 0.2) is 0 Å². The van der Waals surface area contributed by atoms with Crippen molar-refractivity contribution in [3.63, 3.8) is 0 Å². The van der Waals surface area contributed by atoms with Gasteiger partial charge in [0.1, 0.15) is 5.82 Å². The van der Waals surface area contributed by atoms with Gasteiger partial charge < -0.3 is 10.6 Å². The molecule has 160 valence electrons. The fourth-order valence-corrected chi connectivity index (χ4v) is 3.65. The summed E-state index contributed by atoms with van der Waals surface area (Å²) in [5.74, 6) is -0.223. The highest BCUT2D eigenvalue weighted by molar-refractivity contribution is 7.12. The van der Waals surface area contributed by atoms with Crippen molar-refractivity contribution in [3.05, 3.63) is 98.4 Å². The molecule has 2 N–H and O–H groups in total. The molecule has 2 aromatic carbocycles. The monoisotopic (exact) mass is 447 g/mol. The van der Waals surface area contributed by atoms with E-state index in [4.69, 9.17) is 0 Å². The van der Waals surface area contributed by atoms with Crippen molar-refractivity contribution in [1.82, 2.24) is 9.78 Å². The van der Waals surface area contributed by atoms with Crippen LogP contribution in [0.1, 0.15) is 25.7 Å². The highest BCUT2D eigenvalue weighted by Gasteiger charge is 2.15. The maximum Gasteiger partial charge on any atom is 0.269 e. The van der Waals surface area contributed by atoms with Gasteiger partial charge in [-0.05, 0) is 48.7 Å². The lowest BCUT2D eigenvalue weighted by atomic mass is 10.2. The maximum atomic E-state index is 12.9. The normalized spacial score (nSPS) is 10.5. The fourth-order valence-electron chi connectivity index (χ4n) is 3.03. The van der Waals surface area contributed by atoms with Gasteiger partial charge in [-0.1, -0.05) is 12.1 Å². The quantitative estimate of drug-likeness (QED) is 0.329. The second kappa shape index (κ2) is 8.82. The van der Waals surface area contributed by atoms with Gasteiger partial charge in [-0.3, -0.25) is 19.7 Å². The molecule has 2 heterocycles. The van der Waals surface area contributed by atoms with Crippen molar-refractivity contribution in [2.75, 3.05) is 10.6 Å². The van der Waals surface area contributed by atoms with Crippen molar-refractivity contribution < 1.29 is 14.5 Å². The summed E-state index contributed by atoms with van der Waals surface area (Å²) < 4.78 is 1.50. The third kappa shape index (κ3) is 4.55. The summed E-state index contributed by atoms with van der Waals surface area (Å²) in [6, 6.07) is 17.7. The number of aromatic nitrogens is 2. The van der Waals surface area contributed by atoms with E-state index in [0.29, 0.717) is 33.3 Å². The van der Waals surface area contributed by atoms with Gasteiger partial charge in [-0.2, -0.15) is 5.10 Å². The van der Waals surface area contributed by atoms with E-state index < -0.39 is 4.92 Å². The van der Waals surface area contributed by atoms with E-state index >= 15 is 0 Å². The standard InChI is InChI=1S/C22H17N5O4S/c1-14-12-20(26(25-14)17-7-9-18(10-8-17)27(30)31)24-21(28)15-4-2-5-16(13-15)23-22(29)19-6-3-11-32-19/h2-13H,1H3,(H,23,29)(H,24,28). The molecule has 9 nitrogen and oxygen atoms in total. The van der Waals surface area contributed by atoms with Crippen LogP contribution in [0.5, 0.6) is 0 Å². The molecule has 0 atom stereocenters. The molecular formula is C22H17N5O4S. The number of nitro benzene ring substituents is 1. The molecule has 32 heavy (non-hydrogen) atoms. The third-order valence-electron chi connectivity index (χ3n) is 4.51. The molecule has 0 spiro atoms. The molecular weight excluding hydrogens is 430 g/mol. The van der Waals surface area contributed by atoms with Gasteiger partial charge in [0.05, 0.1) is 21.2 Å². The molecule has 0 aliphatic carbocycles. The van der Waals surface area contributed by atoms with Crippen molar-refractivity contribution >= 4 is 40.3 Å². The van der Waals surface area contributed by atoms with Gasteiger partial charge in [0.25, 0.3) is 17.5 Å². The molecule has 0 fully saturated rings. The summed E-state index contributed by atoms with van der Waals surface area (Å²) >= 11 is 1.33. The Morgan fingerprint density at radius 2 is 1.78 bits per heavy atom. The van der Waals surface area contributed by atoms with Crippen molar-refractivity contribution in [2.45, 2.75) is 6.92 Å². The lowest BCUT2D eigenvalue weighted by Crippen LogP contribution is -2.16. The topological polar surface area (TPSA) is 119 Å². The summed E-state index contributed by atoms with van der Waals surface area (Å²) in [6.45, 7) is 1.78. The SMILES string of the molecule is Cc1cc(NC(=O)c2cccc(NC(=O)c3cccs3)c2)n(-c2ccc([N+](=O)[O-])cc2)n1. The molecule has 0 aliphatic heterocycles. The zero-order valence-electron chi connectivity index (χ0n) is 16.8. The Labute approximate surface area is 186 Å². The number of rotatable bonds is 6. The number of carbonyl (C=O) groups excluding carboxylic acids is 2. The number of amides is 2. The van der Waals surface area contributed by atoms with Gasteiger partial charge in [0.2, 0.25) is 0 Å². The summed E-state index contributed by atoms with van der Waals surface area (Å²) in [5, 5.41) is 22.6. The van der Waals surface area contributed by atoms with E-state index in [-0.39, 0.29) is 17.5 Å². The minimum Gasteiger partial charge on any atom is -0.321 e. The second-order valence-electron chi connectivity index (χ2n) is 6.82. The molecule has 2 aromatic heterocycles. The van der Waals surface area contributed by atoms with Crippen LogP contribution in [-0.4, -0.2) is 26.5 Å². The largest absolute Gasteiger partial charge is 0.321 e. The summed E-state index contributed by atoms with van der Waals surface area (Å²) in [4.78, 5) is 36.1. The van der Waals surface area contributed by atoms with Gasteiger partial charge >= 0.3 is 0 Å².